The van der Waals surface area contributed by atoms with Crippen LogP contribution in [0.5, 0.6) is 0 Å². The molecular formula is C31H24N12O6. The summed E-state index contributed by atoms with van der Waals surface area (Å²) < 4.78 is 12.2. The van der Waals surface area contributed by atoms with Crippen LogP contribution in [0.1, 0.15) is 17.0 Å². The molecule has 6 aromatic heterocycles. The third kappa shape index (κ3) is 6.68. The van der Waals surface area contributed by atoms with Crippen molar-refractivity contribution in [1.82, 2.24) is 50.2 Å². The number of rotatable bonds is 11. The highest BCUT2D eigenvalue weighted by atomic mass is 16.4. The number of aromatic amines is 2. The molecule has 1 aromatic carbocycles. The van der Waals surface area contributed by atoms with E-state index in [1.165, 1.54) is 16.9 Å². The molecule has 0 unspecified atom stereocenters. The van der Waals surface area contributed by atoms with Gasteiger partial charge in [0.05, 0.1) is 11.8 Å². The van der Waals surface area contributed by atoms with Gasteiger partial charge in [-0.2, -0.15) is 0 Å². The van der Waals surface area contributed by atoms with Gasteiger partial charge >= 0.3 is 5.76 Å². The van der Waals surface area contributed by atoms with Gasteiger partial charge in [-0.1, -0.05) is 24.3 Å². The molecule has 0 aliphatic carbocycles. The van der Waals surface area contributed by atoms with Crippen LogP contribution < -0.4 is 21.7 Å². The summed E-state index contributed by atoms with van der Waals surface area (Å²) in [6.07, 6.45) is 4.51. The molecule has 3 amide bonds. The maximum Gasteiger partial charge on any atom is 0.420 e. The predicted octanol–water partition coefficient (Wildman–Crippen LogP) is 2.61. The quantitative estimate of drug-likeness (QED) is 0.134. The number of nitrogens with one attached hydrogen (secondary N) is 5. The maximum atomic E-state index is 12.8. The number of anilines is 2. The van der Waals surface area contributed by atoms with Crippen molar-refractivity contribution in [1.29, 1.82) is 0 Å². The van der Waals surface area contributed by atoms with Crippen LogP contribution in [0.4, 0.5) is 11.9 Å². The van der Waals surface area contributed by atoms with E-state index >= 15 is 0 Å². The molecule has 7 rings (SSSR count). The maximum absolute atomic E-state index is 12.8. The van der Waals surface area contributed by atoms with Crippen LogP contribution in [0.2, 0.25) is 0 Å². The summed E-state index contributed by atoms with van der Waals surface area (Å²) in [7, 11) is 0. The SMILES string of the molecule is O=C(CCNC(=O)c1cc(-c2cccc3c2oc(=O)n3CC(=O)Nc2nnc(-c3ccccn3)[nH]2)co1)Nc1nnc(-c2ccccn2)[nH]1. The Morgan fingerprint density at radius 3 is 2.12 bits per heavy atom. The Balaban J connectivity index is 0.960. The molecule has 0 bridgehead atoms. The minimum Gasteiger partial charge on any atom is -0.459 e. The molecule has 0 saturated heterocycles. The van der Waals surface area contributed by atoms with E-state index in [2.05, 4.69) is 56.3 Å². The average molecular weight is 661 g/mol. The van der Waals surface area contributed by atoms with E-state index in [4.69, 9.17) is 8.83 Å². The molecule has 7 aromatic rings. The number of hydrogen-bond acceptors (Lipinski definition) is 12. The Morgan fingerprint density at radius 1 is 0.796 bits per heavy atom. The minimum absolute atomic E-state index is 0.00975. The summed E-state index contributed by atoms with van der Waals surface area (Å²) in [5, 5.41) is 23.5. The molecular weight excluding hydrogens is 636 g/mol. The predicted molar refractivity (Wildman–Crippen MR) is 172 cm³/mol. The first-order valence-corrected chi connectivity index (χ1v) is 14.7. The van der Waals surface area contributed by atoms with Gasteiger partial charge < -0.3 is 24.1 Å². The standard InChI is InChI=1S/C31H24N12O6/c44-23(35-29-37-26(39-41-29)19-7-1-3-11-32-19)10-13-34-28(46)22-14-17(16-48-22)18-6-5-9-21-25(18)49-31(47)43(21)15-24(45)36-30-38-27(40-42-30)20-8-2-4-12-33-20/h1-9,11-12,14,16H,10,13,15H2,(H,34,46)(H2,35,37,39,41,44)(H2,36,38,40,42,45). The van der Waals surface area contributed by atoms with Gasteiger partial charge in [-0.25, -0.2) is 4.79 Å². The summed E-state index contributed by atoms with van der Waals surface area (Å²) >= 11 is 0. The fourth-order valence-corrected chi connectivity index (χ4v) is 4.82. The number of H-pyrrole nitrogens is 2. The fourth-order valence-electron chi connectivity index (χ4n) is 4.82. The van der Waals surface area contributed by atoms with E-state index in [1.54, 1.807) is 67.0 Å². The first-order chi connectivity index (χ1) is 23.9. The molecule has 5 N–H and O–H groups in total. The van der Waals surface area contributed by atoms with Crippen molar-refractivity contribution in [3.05, 3.63) is 95.6 Å². The molecule has 244 valence electrons. The van der Waals surface area contributed by atoms with E-state index in [0.717, 1.165) is 0 Å². The average Bonchev–Trinajstić information content (AvgIpc) is 3.94. The number of carbonyl (C=O) groups is 3. The summed E-state index contributed by atoms with van der Waals surface area (Å²) in [4.78, 5) is 64.8. The number of pyridine rings is 2. The van der Waals surface area contributed by atoms with Crippen LogP contribution in [0, 0.1) is 0 Å². The van der Waals surface area contributed by atoms with Gasteiger partial charge in [0.25, 0.3) is 5.91 Å². The van der Waals surface area contributed by atoms with Crippen LogP contribution in [0.15, 0.2) is 92.9 Å². The molecule has 0 aliphatic heterocycles. The fraction of sp³-hybridized carbons (Fsp3) is 0.0968. The van der Waals surface area contributed by atoms with E-state index in [0.29, 0.717) is 39.7 Å². The van der Waals surface area contributed by atoms with Crippen LogP contribution in [-0.2, 0) is 16.1 Å². The lowest BCUT2D eigenvalue weighted by Crippen LogP contribution is -2.27. The number of fused-ring (bicyclic) bond motifs is 1. The van der Waals surface area contributed by atoms with Crippen molar-refractivity contribution in [2.75, 3.05) is 17.2 Å². The first-order valence-electron chi connectivity index (χ1n) is 14.7. The van der Waals surface area contributed by atoms with Crippen molar-refractivity contribution in [3.63, 3.8) is 0 Å². The number of oxazole rings is 1. The highest BCUT2D eigenvalue weighted by Crippen LogP contribution is 2.30. The Labute approximate surface area is 274 Å². The van der Waals surface area contributed by atoms with Gasteiger partial charge in [0.2, 0.25) is 23.7 Å². The van der Waals surface area contributed by atoms with Crippen molar-refractivity contribution < 1.29 is 23.2 Å². The lowest BCUT2D eigenvalue weighted by molar-refractivity contribution is -0.117. The zero-order valence-electron chi connectivity index (χ0n) is 25.2. The molecule has 6 heterocycles. The van der Waals surface area contributed by atoms with E-state index in [-0.39, 0.29) is 42.8 Å². The molecule has 18 nitrogen and oxygen atoms in total. The summed E-state index contributed by atoms with van der Waals surface area (Å²) in [6, 6.07) is 17.1. The second kappa shape index (κ2) is 13.2. The molecule has 0 aliphatic rings. The summed E-state index contributed by atoms with van der Waals surface area (Å²) in [5.74, 6) is -1.31. The number of furan rings is 1. The number of para-hydroxylation sites is 1. The van der Waals surface area contributed by atoms with Gasteiger partial charge in [0.15, 0.2) is 23.0 Å². The Hall–Kier alpha value is -7.24. The third-order valence-corrected chi connectivity index (χ3v) is 7.07. The van der Waals surface area contributed by atoms with Crippen molar-refractivity contribution >= 4 is 40.7 Å². The number of amides is 3. The number of hydrogen-bond donors (Lipinski definition) is 5. The van der Waals surface area contributed by atoms with Crippen LogP contribution in [-0.4, -0.2) is 69.2 Å². The molecule has 0 atom stereocenters. The highest BCUT2D eigenvalue weighted by molar-refractivity contribution is 5.97. The molecule has 18 heteroatoms. The minimum atomic E-state index is -0.762. The molecule has 0 spiro atoms. The molecule has 49 heavy (non-hydrogen) atoms. The Bertz CT molecular complexity index is 2340. The van der Waals surface area contributed by atoms with E-state index in [1.807, 2.05) is 0 Å². The first kappa shape index (κ1) is 30.4. The largest absolute Gasteiger partial charge is 0.459 e. The summed E-state index contributed by atoms with van der Waals surface area (Å²) in [6.45, 7) is -0.362. The second-order valence-corrected chi connectivity index (χ2v) is 10.4. The summed E-state index contributed by atoms with van der Waals surface area (Å²) in [5.41, 5.74) is 2.57. The van der Waals surface area contributed by atoms with Crippen LogP contribution in [0.25, 0.3) is 45.3 Å². The van der Waals surface area contributed by atoms with Crippen LogP contribution >= 0.6 is 0 Å². The Morgan fingerprint density at radius 2 is 1.47 bits per heavy atom. The van der Waals surface area contributed by atoms with Gasteiger partial charge in [-0.3, -0.25) is 39.6 Å². The van der Waals surface area contributed by atoms with Gasteiger partial charge in [-0.05, 0) is 36.4 Å². The second-order valence-electron chi connectivity index (χ2n) is 10.4. The highest BCUT2D eigenvalue weighted by Gasteiger charge is 2.20. The molecule has 0 saturated carbocycles. The smallest absolute Gasteiger partial charge is 0.420 e. The van der Waals surface area contributed by atoms with Crippen molar-refractivity contribution in [3.8, 4) is 34.2 Å². The van der Waals surface area contributed by atoms with E-state index < -0.39 is 23.5 Å². The van der Waals surface area contributed by atoms with Gasteiger partial charge in [0.1, 0.15) is 17.9 Å². The van der Waals surface area contributed by atoms with Crippen LogP contribution in [0.3, 0.4) is 0 Å². The number of nitrogens with zero attached hydrogens (tertiary/aromatic N) is 7. The number of aromatic nitrogens is 9. The lowest BCUT2D eigenvalue weighted by atomic mass is 10.1. The van der Waals surface area contributed by atoms with Crippen molar-refractivity contribution in [2.45, 2.75) is 13.0 Å². The Kier molecular flexibility index (Phi) is 8.22. The zero-order chi connectivity index (χ0) is 33.7. The molecule has 0 radical (unpaired) electrons. The monoisotopic (exact) mass is 660 g/mol. The van der Waals surface area contributed by atoms with Gasteiger partial charge in [-0.15, -0.1) is 20.4 Å². The lowest BCUT2D eigenvalue weighted by Gasteiger charge is -2.04. The molecule has 0 fully saturated rings. The normalized spacial score (nSPS) is 11.0. The van der Waals surface area contributed by atoms with Crippen molar-refractivity contribution in [2.24, 2.45) is 0 Å². The zero-order valence-corrected chi connectivity index (χ0v) is 25.2. The topological polar surface area (TPSA) is 244 Å². The van der Waals surface area contributed by atoms with Gasteiger partial charge in [0, 0.05) is 36.5 Å². The van der Waals surface area contributed by atoms with E-state index in [9.17, 15) is 19.2 Å². The number of carbonyl (C=O) groups excluding carboxylic acids is 3. The number of benzene rings is 1. The third-order valence-electron chi connectivity index (χ3n) is 7.07.